The molecule has 0 aromatic heterocycles. The SMILES string of the molecule is C/C=C/COc1ccc2c(c1)CCC(C1CCC3C[C@H](C=CF)CC[C@@H]3C1)C2. The van der Waals surface area contributed by atoms with Gasteiger partial charge in [-0.25, -0.2) is 4.39 Å². The van der Waals surface area contributed by atoms with Crippen molar-refractivity contribution >= 4 is 0 Å². The van der Waals surface area contributed by atoms with E-state index in [1.54, 1.807) is 11.6 Å². The van der Waals surface area contributed by atoms with E-state index in [-0.39, 0.29) is 0 Å². The van der Waals surface area contributed by atoms with E-state index in [0.717, 1.165) is 35.8 Å². The van der Waals surface area contributed by atoms with E-state index in [1.165, 1.54) is 63.4 Å². The molecule has 2 saturated carbocycles. The number of allylic oxidation sites excluding steroid dienone is 2. The van der Waals surface area contributed by atoms with Crippen molar-refractivity contribution in [2.45, 2.75) is 64.7 Å². The summed E-state index contributed by atoms with van der Waals surface area (Å²) in [6, 6.07) is 6.74. The highest BCUT2D eigenvalue weighted by Crippen LogP contribution is 2.48. The number of hydrogen-bond acceptors (Lipinski definition) is 1. The molecule has 4 rings (SSSR count). The highest BCUT2D eigenvalue weighted by atomic mass is 19.1. The minimum absolute atomic E-state index is 0.494. The van der Waals surface area contributed by atoms with Gasteiger partial charge in [0.25, 0.3) is 0 Å². The van der Waals surface area contributed by atoms with Crippen LogP contribution in [0.1, 0.15) is 63.0 Å². The van der Waals surface area contributed by atoms with Crippen LogP contribution in [0.3, 0.4) is 0 Å². The second-order valence-electron chi connectivity index (χ2n) is 9.30. The van der Waals surface area contributed by atoms with Gasteiger partial charge in [0.05, 0.1) is 6.33 Å². The molecule has 3 aliphatic carbocycles. The first-order valence-electron chi connectivity index (χ1n) is 11.4. The van der Waals surface area contributed by atoms with Crippen LogP contribution in [-0.4, -0.2) is 6.61 Å². The number of aryl methyl sites for hydroxylation is 1. The maximum absolute atomic E-state index is 12.5. The number of hydrogen-bond donors (Lipinski definition) is 0. The fourth-order valence-electron chi connectivity index (χ4n) is 6.16. The van der Waals surface area contributed by atoms with Crippen LogP contribution in [-0.2, 0) is 12.8 Å². The van der Waals surface area contributed by atoms with E-state index < -0.39 is 0 Å². The number of ether oxygens (including phenoxy) is 1. The number of benzene rings is 1. The summed E-state index contributed by atoms with van der Waals surface area (Å²) in [5, 5.41) is 0. The van der Waals surface area contributed by atoms with E-state index in [2.05, 4.69) is 18.2 Å². The molecule has 0 amide bonds. The molecule has 2 fully saturated rings. The first-order chi connectivity index (χ1) is 13.8. The Bertz CT molecular complexity index is 706. The van der Waals surface area contributed by atoms with E-state index in [4.69, 9.17) is 4.74 Å². The molecule has 2 heteroatoms. The Morgan fingerprint density at radius 2 is 1.75 bits per heavy atom. The molecule has 28 heavy (non-hydrogen) atoms. The monoisotopic (exact) mass is 382 g/mol. The van der Waals surface area contributed by atoms with Crippen LogP contribution in [0.25, 0.3) is 0 Å². The molecule has 0 saturated heterocycles. The van der Waals surface area contributed by atoms with Crippen molar-refractivity contribution in [2.24, 2.45) is 29.6 Å². The highest BCUT2D eigenvalue weighted by molar-refractivity contribution is 5.37. The van der Waals surface area contributed by atoms with Crippen LogP contribution < -0.4 is 4.74 Å². The Balaban J connectivity index is 1.34. The predicted octanol–water partition coefficient (Wildman–Crippen LogP) is 7.06. The summed E-state index contributed by atoms with van der Waals surface area (Å²) in [5.74, 6) is 4.99. The molecule has 0 N–H and O–H groups in total. The average Bonchev–Trinajstić information content (AvgIpc) is 2.73. The topological polar surface area (TPSA) is 9.23 Å². The van der Waals surface area contributed by atoms with Crippen LogP contribution in [0.5, 0.6) is 5.75 Å². The van der Waals surface area contributed by atoms with E-state index >= 15 is 0 Å². The maximum atomic E-state index is 12.5. The Morgan fingerprint density at radius 1 is 0.964 bits per heavy atom. The normalized spacial score (nSPS) is 33.0. The van der Waals surface area contributed by atoms with Crippen LogP contribution in [0.4, 0.5) is 4.39 Å². The summed E-state index contributed by atoms with van der Waals surface area (Å²) in [4.78, 5) is 0. The molecule has 0 spiro atoms. The van der Waals surface area contributed by atoms with Gasteiger partial charge in [0.15, 0.2) is 0 Å². The van der Waals surface area contributed by atoms with Crippen molar-refractivity contribution in [3.8, 4) is 5.75 Å². The summed E-state index contributed by atoms with van der Waals surface area (Å²) in [6.07, 6.45) is 18.3. The van der Waals surface area contributed by atoms with Crippen molar-refractivity contribution in [3.63, 3.8) is 0 Å². The van der Waals surface area contributed by atoms with Gasteiger partial charge in [0.1, 0.15) is 12.4 Å². The first-order valence-corrected chi connectivity index (χ1v) is 11.4. The Morgan fingerprint density at radius 3 is 2.57 bits per heavy atom. The molecule has 152 valence electrons. The molecule has 5 atom stereocenters. The van der Waals surface area contributed by atoms with Crippen molar-refractivity contribution < 1.29 is 9.13 Å². The second kappa shape index (κ2) is 9.29. The van der Waals surface area contributed by atoms with Gasteiger partial charge in [0, 0.05) is 0 Å². The van der Waals surface area contributed by atoms with Gasteiger partial charge in [-0.15, -0.1) is 0 Å². The van der Waals surface area contributed by atoms with Crippen LogP contribution in [0.15, 0.2) is 42.8 Å². The average molecular weight is 383 g/mol. The summed E-state index contributed by atoms with van der Waals surface area (Å²) >= 11 is 0. The summed E-state index contributed by atoms with van der Waals surface area (Å²) in [6.45, 7) is 2.68. The Labute approximate surface area is 170 Å². The molecular weight excluding hydrogens is 347 g/mol. The Kier molecular flexibility index (Phi) is 6.54. The van der Waals surface area contributed by atoms with Gasteiger partial charge in [-0.1, -0.05) is 24.3 Å². The number of rotatable bonds is 5. The van der Waals surface area contributed by atoms with E-state index in [9.17, 15) is 4.39 Å². The largest absolute Gasteiger partial charge is 0.490 e. The fourth-order valence-corrected chi connectivity index (χ4v) is 6.16. The van der Waals surface area contributed by atoms with Crippen LogP contribution in [0.2, 0.25) is 0 Å². The van der Waals surface area contributed by atoms with E-state index in [1.807, 2.05) is 19.1 Å². The van der Waals surface area contributed by atoms with Gasteiger partial charge >= 0.3 is 0 Å². The lowest BCUT2D eigenvalue weighted by atomic mass is 9.61. The summed E-state index contributed by atoms with van der Waals surface area (Å²) in [7, 11) is 0. The smallest absolute Gasteiger partial charge is 0.120 e. The molecule has 0 heterocycles. The lowest BCUT2D eigenvalue weighted by molar-refractivity contribution is 0.0809. The van der Waals surface area contributed by atoms with Crippen molar-refractivity contribution in [1.82, 2.24) is 0 Å². The predicted molar refractivity (Wildman–Crippen MR) is 114 cm³/mol. The zero-order valence-corrected chi connectivity index (χ0v) is 17.3. The third kappa shape index (κ3) is 4.53. The molecule has 0 radical (unpaired) electrons. The third-order valence-electron chi connectivity index (χ3n) is 7.73. The molecule has 3 aliphatic rings. The number of fused-ring (bicyclic) bond motifs is 2. The molecule has 0 aliphatic heterocycles. The van der Waals surface area contributed by atoms with Crippen molar-refractivity contribution in [1.29, 1.82) is 0 Å². The Hall–Kier alpha value is -1.57. The lowest BCUT2D eigenvalue weighted by Crippen LogP contribution is -2.34. The third-order valence-corrected chi connectivity index (χ3v) is 7.73. The maximum Gasteiger partial charge on any atom is 0.120 e. The zero-order chi connectivity index (χ0) is 19.3. The van der Waals surface area contributed by atoms with Crippen LogP contribution in [0, 0.1) is 29.6 Å². The molecule has 1 aromatic rings. The number of halogens is 1. The minimum Gasteiger partial charge on any atom is -0.490 e. The minimum atomic E-state index is 0.494. The van der Waals surface area contributed by atoms with Crippen molar-refractivity contribution in [2.75, 3.05) is 6.61 Å². The molecule has 3 unspecified atom stereocenters. The lowest BCUT2D eigenvalue weighted by Gasteiger charge is -2.44. The van der Waals surface area contributed by atoms with Gasteiger partial charge < -0.3 is 4.74 Å². The van der Waals surface area contributed by atoms with Crippen LogP contribution >= 0.6 is 0 Å². The molecule has 1 nitrogen and oxygen atoms in total. The molecule has 1 aromatic carbocycles. The summed E-state index contributed by atoms with van der Waals surface area (Å²) in [5.41, 5.74) is 3.05. The van der Waals surface area contributed by atoms with Gasteiger partial charge in [-0.2, -0.15) is 0 Å². The van der Waals surface area contributed by atoms with Gasteiger partial charge in [-0.05, 0) is 118 Å². The van der Waals surface area contributed by atoms with Gasteiger partial charge in [-0.3, -0.25) is 0 Å². The molecule has 0 bridgehead atoms. The zero-order valence-electron chi connectivity index (χ0n) is 17.3. The van der Waals surface area contributed by atoms with E-state index in [0.29, 0.717) is 12.5 Å². The quantitative estimate of drug-likeness (QED) is 0.495. The fraction of sp³-hybridized carbons (Fsp3) is 0.615. The molecular formula is C26H35FO. The summed E-state index contributed by atoms with van der Waals surface area (Å²) < 4.78 is 18.4. The van der Waals surface area contributed by atoms with Gasteiger partial charge in [0.2, 0.25) is 0 Å². The first kappa shape index (κ1) is 19.7. The highest BCUT2D eigenvalue weighted by Gasteiger charge is 2.38. The van der Waals surface area contributed by atoms with Crippen molar-refractivity contribution in [3.05, 3.63) is 53.9 Å². The second-order valence-corrected chi connectivity index (χ2v) is 9.30. The standard InChI is InChI=1S/C26H35FO/c1-2-3-14-28-26-11-10-24-17-23(8-9-25(24)18-26)22-7-6-20-15-19(12-13-27)4-5-21(20)16-22/h2-3,10-13,18-23H,4-9,14-17H2,1H3/b3-2+,13-12?/t19-,20?,21+,22?,23?/m0/s1.